The summed E-state index contributed by atoms with van der Waals surface area (Å²) in [5, 5.41) is 13.6. The number of amides is 1. The van der Waals surface area contributed by atoms with Crippen molar-refractivity contribution >= 4 is 23.7 Å². The van der Waals surface area contributed by atoms with Crippen molar-refractivity contribution in [2.45, 2.75) is 6.92 Å². The Labute approximate surface area is 133 Å². The van der Waals surface area contributed by atoms with Crippen molar-refractivity contribution in [3.8, 4) is 11.5 Å². The quantitative estimate of drug-likeness (QED) is 0.658. The fourth-order valence-corrected chi connectivity index (χ4v) is 1.74. The summed E-state index contributed by atoms with van der Waals surface area (Å²) in [7, 11) is 0. The number of carbonyl (C=O) groups excluding carboxylic acids is 1. The molecular formula is C16H15ClN2O3. The first-order valence-electron chi connectivity index (χ1n) is 6.54. The van der Waals surface area contributed by atoms with Crippen LogP contribution in [0.2, 0.25) is 5.02 Å². The molecule has 0 heterocycles. The number of ether oxygens (including phenoxy) is 1. The summed E-state index contributed by atoms with van der Waals surface area (Å²) in [5.74, 6) is 0.370. The largest absolute Gasteiger partial charge is 0.508 e. The van der Waals surface area contributed by atoms with Gasteiger partial charge in [0, 0.05) is 5.02 Å². The Morgan fingerprint density at radius 1 is 1.32 bits per heavy atom. The number of carbonyl (C=O) groups is 1. The Bertz CT molecular complexity index is 684. The Balaban J connectivity index is 1.80. The molecule has 1 amide bonds. The molecule has 0 bridgehead atoms. The predicted molar refractivity (Wildman–Crippen MR) is 85.5 cm³/mol. The number of aryl methyl sites for hydroxylation is 1. The summed E-state index contributed by atoms with van der Waals surface area (Å²) in [6.45, 7) is 1.71. The monoisotopic (exact) mass is 318 g/mol. The Morgan fingerprint density at radius 3 is 2.73 bits per heavy atom. The number of hydrogen-bond acceptors (Lipinski definition) is 4. The lowest BCUT2D eigenvalue weighted by Gasteiger charge is -2.06. The van der Waals surface area contributed by atoms with Gasteiger partial charge >= 0.3 is 0 Å². The maximum absolute atomic E-state index is 11.6. The van der Waals surface area contributed by atoms with Gasteiger partial charge in [-0.25, -0.2) is 5.43 Å². The van der Waals surface area contributed by atoms with Crippen LogP contribution in [0.25, 0.3) is 0 Å². The van der Waals surface area contributed by atoms with Gasteiger partial charge < -0.3 is 9.84 Å². The van der Waals surface area contributed by atoms with E-state index in [1.54, 1.807) is 30.3 Å². The van der Waals surface area contributed by atoms with Crippen LogP contribution in [0, 0.1) is 6.92 Å². The van der Waals surface area contributed by atoms with Crippen LogP contribution in [0.15, 0.2) is 47.6 Å². The molecule has 0 atom stereocenters. The number of benzene rings is 2. The third-order valence-electron chi connectivity index (χ3n) is 2.80. The van der Waals surface area contributed by atoms with Crippen molar-refractivity contribution in [1.29, 1.82) is 0 Å². The van der Waals surface area contributed by atoms with E-state index in [1.807, 2.05) is 6.92 Å². The van der Waals surface area contributed by atoms with E-state index < -0.39 is 0 Å². The number of aromatic hydroxyl groups is 1. The van der Waals surface area contributed by atoms with Gasteiger partial charge in [-0.05, 0) is 60.5 Å². The van der Waals surface area contributed by atoms with Crippen LogP contribution in [0.4, 0.5) is 0 Å². The molecule has 2 aromatic rings. The van der Waals surface area contributed by atoms with Crippen molar-refractivity contribution in [2.75, 3.05) is 6.61 Å². The number of phenolic OH excluding ortho intramolecular Hbond substituents is 1. The molecule has 0 aliphatic rings. The fraction of sp³-hybridized carbons (Fsp3) is 0.125. The molecule has 0 fully saturated rings. The minimum atomic E-state index is -0.373. The number of hydrazone groups is 1. The second-order valence-electron chi connectivity index (χ2n) is 4.58. The number of phenols is 1. The molecule has 2 N–H and O–H groups in total. The number of rotatable bonds is 5. The van der Waals surface area contributed by atoms with Crippen molar-refractivity contribution < 1.29 is 14.6 Å². The van der Waals surface area contributed by atoms with E-state index in [9.17, 15) is 4.79 Å². The standard InChI is InChI=1S/C16H15ClN2O3/c1-11-8-14(6-7-15(11)17)22-10-16(21)19-18-9-12-2-4-13(20)5-3-12/h2-9,20H,10H2,1H3,(H,19,21)/b18-9+. The van der Waals surface area contributed by atoms with Crippen molar-refractivity contribution in [3.63, 3.8) is 0 Å². The van der Waals surface area contributed by atoms with Crippen molar-refractivity contribution in [1.82, 2.24) is 5.43 Å². The highest BCUT2D eigenvalue weighted by atomic mass is 35.5. The zero-order valence-corrected chi connectivity index (χ0v) is 12.7. The van der Waals surface area contributed by atoms with Crippen LogP contribution >= 0.6 is 11.6 Å². The van der Waals surface area contributed by atoms with Gasteiger partial charge in [-0.15, -0.1) is 0 Å². The summed E-state index contributed by atoms with van der Waals surface area (Å²) in [4.78, 5) is 11.6. The van der Waals surface area contributed by atoms with Crippen LogP contribution in [-0.4, -0.2) is 23.8 Å². The lowest BCUT2D eigenvalue weighted by atomic mass is 10.2. The van der Waals surface area contributed by atoms with E-state index in [0.29, 0.717) is 10.8 Å². The van der Waals surface area contributed by atoms with Gasteiger partial charge in [-0.3, -0.25) is 4.79 Å². The summed E-state index contributed by atoms with van der Waals surface area (Å²) in [5.41, 5.74) is 4.00. The SMILES string of the molecule is Cc1cc(OCC(=O)N/N=C/c2ccc(O)cc2)ccc1Cl. The minimum Gasteiger partial charge on any atom is -0.508 e. The average Bonchev–Trinajstić information content (AvgIpc) is 2.50. The second kappa shape index (κ2) is 7.47. The van der Waals surface area contributed by atoms with Gasteiger partial charge in [0.15, 0.2) is 6.61 Å². The van der Waals surface area contributed by atoms with E-state index in [1.165, 1.54) is 18.3 Å². The normalized spacial score (nSPS) is 10.6. The molecule has 2 rings (SSSR count). The van der Waals surface area contributed by atoms with E-state index in [-0.39, 0.29) is 18.3 Å². The van der Waals surface area contributed by atoms with E-state index in [2.05, 4.69) is 10.5 Å². The number of nitrogens with zero attached hydrogens (tertiary/aromatic N) is 1. The van der Waals surface area contributed by atoms with Crippen LogP contribution in [0.5, 0.6) is 11.5 Å². The van der Waals surface area contributed by atoms with Crippen LogP contribution in [0.3, 0.4) is 0 Å². The number of nitrogens with one attached hydrogen (secondary N) is 1. The Morgan fingerprint density at radius 2 is 2.05 bits per heavy atom. The molecule has 0 radical (unpaired) electrons. The molecule has 0 saturated carbocycles. The zero-order valence-electron chi connectivity index (χ0n) is 11.9. The topological polar surface area (TPSA) is 70.9 Å². The van der Waals surface area contributed by atoms with E-state index >= 15 is 0 Å². The summed E-state index contributed by atoms with van der Waals surface area (Å²) in [6.07, 6.45) is 1.48. The lowest BCUT2D eigenvalue weighted by Crippen LogP contribution is -2.24. The van der Waals surface area contributed by atoms with Gasteiger partial charge in [-0.2, -0.15) is 5.10 Å². The van der Waals surface area contributed by atoms with Gasteiger partial charge in [0.25, 0.3) is 5.91 Å². The highest BCUT2D eigenvalue weighted by Gasteiger charge is 2.03. The Kier molecular flexibility index (Phi) is 5.38. The summed E-state index contributed by atoms with van der Waals surface area (Å²) < 4.78 is 5.34. The molecule has 0 aromatic heterocycles. The molecule has 0 aliphatic carbocycles. The predicted octanol–water partition coefficient (Wildman–Crippen LogP) is 2.88. The molecule has 22 heavy (non-hydrogen) atoms. The molecule has 2 aromatic carbocycles. The highest BCUT2D eigenvalue weighted by molar-refractivity contribution is 6.31. The van der Waals surface area contributed by atoms with Crippen LogP contribution < -0.4 is 10.2 Å². The molecule has 0 unspecified atom stereocenters. The van der Waals surface area contributed by atoms with E-state index in [0.717, 1.165) is 11.1 Å². The maximum Gasteiger partial charge on any atom is 0.277 e. The number of halogens is 1. The molecule has 0 aliphatic heterocycles. The molecular weight excluding hydrogens is 304 g/mol. The van der Waals surface area contributed by atoms with Crippen LogP contribution in [0.1, 0.15) is 11.1 Å². The lowest BCUT2D eigenvalue weighted by molar-refractivity contribution is -0.123. The first-order chi connectivity index (χ1) is 10.5. The number of hydrogen-bond donors (Lipinski definition) is 2. The Hall–Kier alpha value is -2.53. The van der Waals surface area contributed by atoms with Crippen molar-refractivity contribution in [3.05, 3.63) is 58.6 Å². The first-order valence-corrected chi connectivity index (χ1v) is 6.92. The molecule has 5 nitrogen and oxygen atoms in total. The third kappa shape index (κ3) is 4.79. The van der Waals surface area contributed by atoms with Crippen molar-refractivity contribution in [2.24, 2.45) is 5.10 Å². The van der Waals surface area contributed by atoms with Gasteiger partial charge in [-0.1, -0.05) is 11.6 Å². The van der Waals surface area contributed by atoms with Gasteiger partial charge in [0.1, 0.15) is 11.5 Å². The maximum atomic E-state index is 11.6. The molecule has 114 valence electrons. The van der Waals surface area contributed by atoms with Gasteiger partial charge in [0.05, 0.1) is 6.21 Å². The van der Waals surface area contributed by atoms with Gasteiger partial charge in [0.2, 0.25) is 0 Å². The van der Waals surface area contributed by atoms with Crippen LogP contribution in [-0.2, 0) is 4.79 Å². The second-order valence-corrected chi connectivity index (χ2v) is 4.99. The zero-order chi connectivity index (χ0) is 15.9. The molecule has 0 spiro atoms. The smallest absolute Gasteiger partial charge is 0.277 e. The minimum absolute atomic E-state index is 0.145. The van der Waals surface area contributed by atoms with E-state index in [4.69, 9.17) is 21.4 Å². The average molecular weight is 319 g/mol. The summed E-state index contributed by atoms with van der Waals surface area (Å²) >= 11 is 5.91. The fourth-order valence-electron chi connectivity index (χ4n) is 1.63. The highest BCUT2D eigenvalue weighted by Crippen LogP contribution is 2.20. The summed E-state index contributed by atoms with van der Waals surface area (Å²) in [6, 6.07) is 11.6. The molecule has 6 heteroatoms. The third-order valence-corrected chi connectivity index (χ3v) is 3.22. The first kappa shape index (κ1) is 15.9. The molecule has 0 saturated heterocycles.